The van der Waals surface area contributed by atoms with Crippen LogP contribution in [0.4, 0.5) is 8.78 Å². The van der Waals surface area contributed by atoms with E-state index in [0.29, 0.717) is 16.4 Å². The van der Waals surface area contributed by atoms with Crippen molar-refractivity contribution >= 4 is 11.8 Å². The molecule has 1 atom stereocenters. The van der Waals surface area contributed by atoms with Gasteiger partial charge in [-0.05, 0) is 0 Å². The third-order valence-electron chi connectivity index (χ3n) is 3.05. The number of hydrogen-bond acceptors (Lipinski definition) is 2. The first-order chi connectivity index (χ1) is 9.38. The predicted octanol–water partition coefficient (Wildman–Crippen LogP) is -0.848. The molecule has 1 aliphatic heterocycles. The van der Waals surface area contributed by atoms with Crippen LogP contribution in [0.25, 0.3) is 0 Å². The fourth-order valence-corrected chi connectivity index (χ4v) is 4.93. The molecular formula is C14H15F2INO2-. The molecule has 0 radical (unpaired) electrons. The Labute approximate surface area is 126 Å². The van der Waals surface area contributed by atoms with Gasteiger partial charge >= 0.3 is 126 Å². The molecule has 1 fully saturated rings. The summed E-state index contributed by atoms with van der Waals surface area (Å²) in [6, 6.07) is 2.66. The average Bonchev–Trinajstić information content (AvgIpc) is 2.31. The van der Waals surface area contributed by atoms with Crippen LogP contribution in [0.1, 0.15) is 38.2 Å². The second-order valence-electron chi connectivity index (χ2n) is 4.97. The van der Waals surface area contributed by atoms with Crippen molar-refractivity contribution in [3.05, 3.63) is 32.9 Å². The number of hydrogen-bond donors (Lipinski definition) is 1. The zero-order chi connectivity index (χ0) is 14.9. The van der Waals surface area contributed by atoms with E-state index in [1.807, 2.05) is 0 Å². The van der Waals surface area contributed by atoms with E-state index in [4.69, 9.17) is 0 Å². The molecule has 1 aromatic rings. The summed E-state index contributed by atoms with van der Waals surface area (Å²) < 4.78 is 28.1. The number of halogens is 3. The Morgan fingerprint density at radius 3 is 2.35 bits per heavy atom. The van der Waals surface area contributed by atoms with E-state index >= 15 is 0 Å². The second-order valence-corrected chi connectivity index (χ2v) is 8.34. The van der Waals surface area contributed by atoms with Crippen LogP contribution in [0, 0.1) is 15.2 Å². The number of carbonyl (C=O) groups is 2. The number of piperidine rings is 1. The van der Waals surface area contributed by atoms with E-state index in [9.17, 15) is 18.4 Å². The minimum atomic E-state index is -0.864. The van der Waals surface area contributed by atoms with E-state index < -0.39 is 32.8 Å². The molecule has 2 amide bonds. The molecule has 0 spiro atoms. The first-order valence-corrected chi connectivity index (χ1v) is 8.67. The van der Waals surface area contributed by atoms with Gasteiger partial charge in [0.05, 0.1) is 0 Å². The topological polar surface area (TPSA) is 46.2 Å². The van der Waals surface area contributed by atoms with Crippen molar-refractivity contribution in [1.82, 2.24) is 5.32 Å². The maximum absolute atomic E-state index is 13.9. The summed E-state index contributed by atoms with van der Waals surface area (Å²) in [4.78, 5) is 22.7. The summed E-state index contributed by atoms with van der Waals surface area (Å²) in [6.07, 6.45) is 0.762. The molecule has 1 N–H and O–H groups in total. The van der Waals surface area contributed by atoms with Crippen LogP contribution >= 0.6 is 0 Å². The van der Waals surface area contributed by atoms with Crippen LogP contribution in [0.15, 0.2) is 12.1 Å². The number of amides is 2. The standard InChI is InChI=1S/C14H15F2INO2/c1-7(2)13-9(15)5-8(6-10(13)16)17-11-3-4-12(19)18-14(11)20/h5-7,11H,3-4H2,1-2H3,(H,18,19,20)/q-1. The van der Waals surface area contributed by atoms with Gasteiger partial charge in [0, 0.05) is 0 Å². The molecule has 0 aliphatic carbocycles. The summed E-state index contributed by atoms with van der Waals surface area (Å²) in [5.41, 5.74) is 0.0843. The van der Waals surface area contributed by atoms with Crippen LogP contribution in [-0.4, -0.2) is 15.7 Å². The number of carbonyl (C=O) groups excluding carboxylic acids is 2. The van der Waals surface area contributed by atoms with Gasteiger partial charge in [0.15, 0.2) is 0 Å². The summed E-state index contributed by atoms with van der Waals surface area (Å²) in [7, 11) is 0. The van der Waals surface area contributed by atoms with Gasteiger partial charge in [-0.15, -0.1) is 0 Å². The molecule has 3 nitrogen and oxygen atoms in total. The number of imide groups is 1. The minimum absolute atomic E-state index is 0.0843. The van der Waals surface area contributed by atoms with Crippen molar-refractivity contribution in [3.63, 3.8) is 0 Å². The third kappa shape index (κ3) is 3.34. The summed E-state index contributed by atoms with van der Waals surface area (Å²) in [5.74, 6) is -1.92. The third-order valence-corrected chi connectivity index (χ3v) is 6.33. The molecule has 6 heteroatoms. The molecule has 0 aromatic heterocycles. The summed E-state index contributed by atoms with van der Waals surface area (Å²) >= 11 is -0.864. The normalized spacial score (nSPS) is 19.6. The van der Waals surface area contributed by atoms with Crippen LogP contribution in [-0.2, 0) is 9.59 Å². The number of alkyl halides is 1. The molecule has 110 valence electrons. The molecule has 0 saturated carbocycles. The quantitative estimate of drug-likeness (QED) is 0.413. The molecule has 1 aliphatic rings. The molecule has 2 rings (SSSR count). The molecule has 1 saturated heterocycles. The van der Waals surface area contributed by atoms with Gasteiger partial charge in [-0.25, -0.2) is 0 Å². The van der Waals surface area contributed by atoms with Gasteiger partial charge in [0.2, 0.25) is 0 Å². The Bertz CT molecular complexity index is 537. The van der Waals surface area contributed by atoms with Crippen LogP contribution in [0.3, 0.4) is 0 Å². The van der Waals surface area contributed by atoms with Crippen LogP contribution < -0.4 is 26.5 Å². The van der Waals surface area contributed by atoms with Crippen molar-refractivity contribution in [1.29, 1.82) is 0 Å². The Hall–Kier alpha value is -1.05. The fraction of sp³-hybridized carbons (Fsp3) is 0.429. The zero-order valence-electron chi connectivity index (χ0n) is 11.2. The molecule has 1 heterocycles. The first-order valence-electron chi connectivity index (χ1n) is 6.34. The van der Waals surface area contributed by atoms with Crippen molar-refractivity contribution in [2.75, 3.05) is 0 Å². The second kappa shape index (κ2) is 6.15. The zero-order valence-corrected chi connectivity index (χ0v) is 13.3. The first kappa shape index (κ1) is 15.3. The molecule has 1 unspecified atom stereocenters. The number of benzene rings is 1. The predicted molar refractivity (Wildman–Crippen MR) is 65.3 cm³/mol. The van der Waals surface area contributed by atoms with Gasteiger partial charge in [0.25, 0.3) is 0 Å². The maximum atomic E-state index is 13.9. The summed E-state index contributed by atoms with van der Waals surface area (Å²) in [6.45, 7) is 3.47. The molecular weight excluding hydrogens is 379 g/mol. The molecule has 1 aromatic carbocycles. The van der Waals surface area contributed by atoms with Gasteiger partial charge in [0.1, 0.15) is 0 Å². The van der Waals surface area contributed by atoms with E-state index in [0.717, 1.165) is 0 Å². The summed E-state index contributed by atoms with van der Waals surface area (Å²) in [5, 5.41) is 2.27. The molecule has 20 heavy (non-hydrogen) atoms. The van der Waals surface area contributed by atoms with Crippen molar-refractivity contribution in [3.8, 4) is 0 Å². The Kier molecular flexibility index (Phi) is 4.72. The van der Waals surface area contributed by atoms with Crippen molar-refractivity contribution < 1.29 is 39.6 Å². The van der Waals surface area contributed by atoms with Gasteiger partial charge in [-0.1, -0.05) is 0 Å². The van der Waals surface area contributed by atoms with E-state index in [-0.39, 0.29) is 27.2 Å². The van der Waals surface area contributed by atoms with E-state index in [1.165, 1.54) is 12.1 Å². The average molecular weight is 394 g/mol. The Morgan fingerprint density at radius 2 is 1.85 bits per heavy atom. The van der Waals surface area contributed by atoms with Gasteiger partial charge in [-0.3, -0.25) is 0 Å². The number of nitrogens with one attached hydrogen (secondary N) is 1. The van der Waals surface area contributed by atoms with Crippen molar-refractivity contribution in [2.45, 2.75) is 36.5 Å². The monoisotopic (exact) mass is 394 g/mol. The van der Waals surface area contributed by atoms with E-state index in [2.05, 4.69) is 5.32 Å². The fourth-order valence-electron chi connectivity index (χ4n) is 2.09. The Balaban J connectivity index is 2.18. The van der Waals surface area contributed by atoms with E-state index in [1.54, 1.807) is 13.8 Å². The van der Waals surface area contributed by atoms with Crippen LogP contribution in [0.2, 0.25) is 0 Å². The Morgan fingerprint density at radius 1 is 1.25 bits per heavy atom. The number of rotatable bonds is 3. The molecule has 0 bridgehead atoms. The van der Waals surface area contributed by atoms with Gasteiger partial charge in [-0.2, -0.15) is 0 Å². The van der Waals surface area contributed by atoms with Crippen LogP contribution in [0.5, 0.6) is 0 Å². The van der Waals surface area contributed by atoms with Gasteiger partial charge < -0.3 is 0 Å². The SMILES string of the molecule is CC(C)c1c(F)cc([I-]C2CCC(=O)NC2=O)cc1F. The van der Waals surface area contributed by atoms with Crippen molar-refractivity contribution in [2.24, 2.45) is 0 Å².